The van der Waals surface area contributed by atoms with Crippen molar-refractivity contribution in [1.82, 2.24) is 10.2 Å². The van der Waals surface area contributed by atoms with Gasteiger partial charge in [-0.25, -0.2) is 9.18 Å². The molecular weight excluding hydrogens is 337 g/mol. The molecule has 0 radical (unpaired) electrons. The number of halogens is 1. The smallest absolute Gasteiger partial charge is 0.319 e. The number of anilines is 1. The third-order valence-corrected chi connectivity index (χ3v) is 5.91. The van der Waals surface area contributed by atoms with E-state index in [-0.39, 0.29) is 35.1 Å². The van der Waals surface area contributed by atoms with E-state index in [9.17, 15) is 14.0 Å². The number of amides is 3. The molecule has 7 heteroatoms. The molecule has 2 atom stereocenters. The standard InChI is InChI=1S/C19H24FN3O3/c20-13-1-3-14(4-2-13)21-18(25)22-15-5-8-23(12-15)17(24)16-11-19(16)6-9-26-10-7-19/h1-4,15-16H,5-12H2,(H2,21,22,25)/t15-,16-/m0/s1. The molecule has 3 fully saturated rings. The van der Waals surface area contributed by atoms with E-state index in [4.69, 9.17) is 4.74 Å². The van der Waals surface area contributed by atoms with E-state index in [1.807, 2.05) is 4.90 Å². The fourth-order valence-corrected chi connectivity index (χ4v) is 4.21. The molecule has 1 aromatic carbocycles. The monoisotopic (exact) mass is 361 g/mol. The predicted molar refractivity (Wildman–Crippen MR) is 94.1 cm³/mol. The van der Waals surface area contributed by atoms with Gasteiger partial charge in [0.15, 0.2) is 0 Å². The Balaban J connectivity index is 1.25. The van der Waals surface area contributed by atoms with Crippen LogP contribution < -0.4 is 10.6 Å². The van der Waals surface area contributed by atoms with Gasteiger partial charge in [0, 0.05) is 44.0 Å². The van der Waals surface area contributed by atoms with Gasteiger partial charge in [0.05, 0.1) is 0 Å². The summed E-state index contributed by atoms with van der Waals surface area (Å²) >= 11 is 0. The van der Waals surface area contributed by atoms with Gasteiger partial charge in [-0.15, -0.1) is 0 Å². The molecule has 0 aromatic heterocycles. The summed E-state index contributed by atoms with van der Waals surface area (Å²) in [6.07, 6.45) is 3.71. The van der Waals surface area contributed by atoms with Crippen LogP contribution in [0.25, 0.3) is 0 Å². The van der Waals surface area contributed by atoms with Gasteiger partial charge < -0.3 is 20.3 Å². The normalized spacial score (nSPS) is 26.6. The minimum atomic E-state index is -0.344. The lowest BCUT2D eigenvalue weighted by Crippen LogP contribution is -2.41. The minimum absolute atomic E-state index is 0.0520. The first-order valence-corrected chi connectivity index (χ1v) is 9.25. The second kappa shape index (κ2) is 6.87. The van der Waals surface area contributed by atoms with Crippen molar-refractivity contribution in [3.05, 3.63) is 30.1 Å². The van der Waals surface area contributed by atoms with Crippen molar-refractivity contribution in [2.75, 3.05) is 31.6 Å². The maximum absolute atomic E-state index is 12.9. The van der Waals surface area contributed by atoms with Crippen LogP contribution in [0.3, 0.4) is 0 Å². The van der Waals surface area contributed by atoms with Crippen molar-refractivity contribution in [2.24, 2.45) is 11.3 Å². The molecule has 6 nitrogen and oxygen atoms in total. The molecule has 3 amide bonds. The van der Waals surface area contributed by atoms with Crippen molar-refractivity contribution in [3.63, 3.8) is 0 Å². The molecule has 0 unspecified atom stereocenters. The summed E-state index contributed by atoms with van der Waals surface area (Å²) in [5.74, 6) is 0.0246. The Kier molecular flexibility index (Phi) is 4.56. The molecule has 1 aliphatic carbocycles. The Morgan fingerprint density at radius 3 is 2.65 bits per heavy atom. The molecule has 4 rings (SSSR count). The van der Waals surface area contributed by atoms with Gasteiger partial charge in [-0.3, -0.25) is 4.79 Å². The quantitative estimate of drug-likeness (QED) is 0.868. The molecule has 2 N–H and O–H groups in total. The molecule has 0 bridgehead atoms. The van der Waals surface area contributed by atoms with E-state index in [2.05, 4.69) is 10.6 Å². The summed E-state index contributed by atoms with van der Waals surface area (Å²) in [4.78, 5) is 26.7. The molecular formula is C19H24FN3O3. The van der Waals surface area contributed by atoms with E-state index in [0.29, 0.717) is 18.8 Å². The van der Waals surface area contributed by atoms with Gasteiger partial charge in [-0.05, 0) is 55.4 Å². The van der Waals surface area contributed by atoms with Crippen molar-refractivity contribution in [3.8, 4) is 0 Å². The molecule has 26 heavy (non-hydrogen) atoms. The lowest BCUT2D eigenvalue weighted by atomic mass is 9.93. The molecule has 1 aromatic rings. The number of likely N-dealkylation sites (tertiary alicyclic amines) is 1. The first-order valence-electron chi connectivity index (χ1n) is 9.25. The number of rotatable bonds is 3. The van der Waals surface area contributed by atoms with Crippen LogP contribution in [-0.4, -0.2) is 49.2 Å². The fraction of sp³-hybridized carbons (Fsp3) is 0.579. The largest absolute Gasteiger partial charge is 0.381 e. The fourth-order valence-electron chi connectivity index (χ4n) is 4.21. The average molecular weight is 361 g/mol. The molecule has 2 heterocycles. The number of benzene rings is 1. The van der Waals surface area contributed by atoms with Gasteiger partial charge in [0.1, 0.15) is 5.82 Å². The highest BCUT2D eigenvalue weighted by Gasteiger charge is 2.59. The summed E-state index contributed by atoms with van der Waals surface area (Å²) in [5.41, 5.74) is 0.718. The number of carbonyl (C=O) groups excluding carboxylic acids is 2. The van der Waals surface area contributed by atoms with Crippen molar-refractivity contribution >= 4 is 17.6 Å². The van der Waals surface area contributed by atoms with E-state index in [1.54, 1.807) is 0 Å². The van der Waals surface area contributed by atoms with Gasteiger partial charge in [-0.2, -0.15) is 0 Å². The second-order valence-electron chi connectivity index (χ2n) is 7.61. The third kappa shape index (κ3) is 3.53. The Morgan fingerprint density at radius 2 is 1.92 bits per heavy atom. The zero-order valence-corrected chi connectivity index (χ0v) is 14.7. The van der Waals surface area contributed by atoms with Crippen LogP contribution in [0.15, 0.2) is 24.3 Å². The summed E-state index contributed by atoms with van der Waals surface area (Å²) < 4.78 is 18.3. The number of nitrogens with zero attached hydrogens (tertiary/aromatic N) is 1. The molecule has 2 saturated heterocycles. The Hall–Kier alpha value is -2.15. The lowest BCUT2D eigenvalue weighted by Gasteiger charge is -2.24. The van der Waals surface area contributed by atoms with Crippen LogP contribution in [-0.2, 0) is 9.53 Å². The van der Waals surface area contributed by atoms with Crippen LogP contribution in [0.1, 0.15) is 25.7 Å². The first-order chi connectivity index (χ1) is 12.6. The summed E-state index contributed by atoms with van der Waals surface area (Å²) in [6.45, 7) is 2.76. The van der Waals surface area contributed by atoms with Crippen LogP contribution in [0.5, 0.6) is 0 Å². The zero-order chi connectivity index (χ0) is 18.1. The van der Waals surface area contributed by atoms with Gasteiger partial charge in [0.2, 0.25) is 5.91 Å². The van der Waals surface area contributed by atoms with Crippen molar-refractivity contribution < 1.29 is 18.7 Å². The Bertz CT molecular complexity index is 688. The van der Waals surface area contributed by atoms with Gasteiger partial charge in [-0.1, -0.05) is 0 Å². The Morgan fingerprint density at radius 1 is 1.19 bits per heavy atom. The van der Waals surface area contributed by atoms with Crippen molar-refractivity contribution in [2.45, 2.75) is 31.7 Å². The number of urea groups is 1. The SMILES string of the molecule is O=C(Nc1ccc(F)cc1)N[C@H]1CCN(C(=O)[C@@H]2CC23CCOCC3)C1. The summed E-state index contributed by atoms with van der Waals surface area (Å²) in [5, 5.41) is 5.59. The third-order valence-electron chi connectivity index (χ3n) is 5.91. The number of carbonyl (C=O) groups is 2. The molecule has 140 valence electrons. The number of ether oxygens (including phenoxy) is 1. The van der Waals surface area contributed by atoms with Crippen LogP contribution in [0.4, 0.5) is 14.9 Å². The highest BCUT2D eigenvalue weighted by Crippen LogP contribution is 2.59. The van der Waals surface area contributed by atoms with Crippen LogP contribution >= 0.6 is 0 Å². The van der Waals surface area contributed by atoms with Crippen molar-refractivity contribution in [1.29, 1.82) is 0 Å². The van der Waals surface area contributed by atoms with Gasteiger partial charge in [0.25, 0.3) is 0 Å². The molecule has 1 saturated carbocycles. The number of hydrogen-bond donors (Lipinski definition) is 2. The zero-order valence-electron chi connectivity index (χ0n) is 14.7. The maximum atomic E-state index is 12.9. The number of hydrogen-bond acceptors (Lipinski definition) is 3. The van der Waals surface area contributed by atoms with Crippen LogP contribution in [0.2, 0.25) is 0 Å². The summed E-state index contributed by atoms with van der Waals surface area (Å²) in [6, 6.07) is 5.24. The predicted octanol–water partition coefficient (Wildman–Crippen LogP) is 2.36. The van der Waals surface area contributed by atoms with Gasteiger partial charge >= 0.3 is 6.03 Å². The van der Waals surface area contributed by atoms with Crippen LogP contribution in [0, 0.1) is 17.2 Å². The highest BCUT2D eigenvalue weighted by molar-refractivity contribution is 5.89. The van der Waals surface area contributed by atoms with E-state index in [0.717, 1.165) is 38.9 Å². The maximum Gasteiger partial charge on any atom is 0.319 e. The van der Waals surface area contributed by atoms with E-state index in [1.165, 1.54) is 24.3 Å². The Labute approximate surface area is 152 Å². The average Bonchev–Trinajstić information content (AvgIpc) is 3.11. The topological polar surface area (TPSA) is 70.7 Å². The number of nitrogens with one attached hydrogen (secondary N) is 2. The first kappa shape index (κ1) is 17.3. The highest BCUT2D eigenvalue weighted by atomic mass is 19.1. The lowest BCUT2D eigenvalue weighted by molar-refractivity contribution is -0.133. The molecule has 3 aliphatic rings. The van der Waals surface area contributed by atoms with E-state index >= 15 is 0 Å². The second-order valence-corrected chi connectivity index (χ2v) is 7.61. The minimum Gasteiger partial charge on any atom is -0.381 e. The molecule has 1 spiro atoms. The summed E-state index contributed by atoms with van der Waals surface area (Å²) in [7, 11) is 0. The van der Waals surface area contributed by atoms with E-state index < -0.39 is 0 Å². The molecule has 2 aliphatic heterocycles.